The minimum Gasteiger partial charge on any atom is -0.378 e. The zero-order valence-electron chi connectivity index (χ0n) is 8.72. The van der Waals surface area contributed by atoms with E-state index in [1.165, 1.54) is 5.41 Å². The number of nitrogens with one attached hydrogen (secondary N) is 1. The molecule has 0 fully saturated rings. The second-order valence-electron chi connectivity index (χ2n) is 3.75. The molecule has 1 N–H and O–H groups in total. The highest BCUT2D eigenvalue weighted by Gasteiger charge is 2.21. The summed E-state index contributed by atoms with van der Waals surface area (Å²) >= 11 is 3.30. The number of nitrogens with zero attached hydrogens (tertiary/aromatic N) is 1. The van der Waals surface area contributed by atoms with E-state index < -0.39 is 9.84 Å². The maximum Gasteiger partial charge on any atom is 0.173 e. The summed E-state index contributed by atoms with van der Waals surface area (Å²) in [6.45, 7) is 0. The lowest BCUT2D eigenvalue weighted by atomic mass is 10.2. The smallest absolute Gasteiger partial charge is 0.173 e. The second-order valence-corrected chi connectivity index (χ2v) is 6.60. The maximum atomic E-state index is 11.2. The fourth-order valence-corrected chi connectivity index (χ4v) is 3.35. The summed E-state index contributed by atoms with van der Waals surface area (Å²) < 4.78 is 23.2. The van der Waals surface area contributed by atoms with Gasteiger partial charge in [0.2, 0.25) is 0 Å². The number of hydrogen-bond donors (Lipinski definition) is 1. The molecule has 17 heavy (non-hydrogen) atoms. The largest absolute Gasteiger partial charge is 0.378 e. The molecule has 0 bridgehead atoms. The summed E-state index contributed by atoms with van der Waals surface area (Å²) in [4.78, 5) is 0. The van der Waals surface area contributed by atoms with Crippen LogP contribution in [0.15, 0.2) is 34.2 Å². The van der Waals surface area contributed by atoms with E-state index in [9.17, 15) is 8.42 Å². The third-order valence-electron chi connectivity index (χ3n) is 2.31. The molecule has 1 atom stereocenters. The van der Waals surface area contributed by atoms with E-state index in [0.29, 0.717) is 5.56 Å². The van der Waals surface area contributed by atoms with E-state index in [0.717, 1.165) is 10.2 Å². The van der Waals surface area contributed by atoms with Crippen LogP contribution >= 0.6 is 15.9 Å². The van der Waals surface area contributed by atoms with Gasteiger partial charge in [0, 0.05) is 15.6 Å². The maximum absolute atomic E-state index is 11.2. The Hall–Kier alpha value is -1.32. The van der Waals surface area contributed by atoms with Crippen LogP contribution in [0.1, 0.15) is 5.56 Å². The first-order chi connectivity index (χ1) is 7.98. The van der Waals surface area contributed by atoms with E-state index in [2.05, 4.69) is 21.2 Å². The monoisotopic (exact) mass is 312 g/mol. The Morgan fingerprint density at radius 1 is 1.41 bits per heavy atom. The zero-order valence-corrected chi connectivity index (χ0v) is 11.1. The lowest BCUT2D eigenvalue weighted by Gasteiger charge is -2.12. The Balaban J connectivity index is 2.18. The molecule has 2 rings (SSSR count). The van der Waals surface area contributed by atoms with Crippen molar-refractivity contribution in [2.75, 3.05) is 11.1 Å². The van der Waals surface area contributed by atoms with E-state index in [-0.39, 0.29) is 11.8 Å². The van der Waals surface area contributed by atoms with Gasteiger partial charge in [0.1, 0.15) is 0 Å². The lowest BCUT2D eigenvalue weighted by molar-refractivity contribution is 0.605. The summed E-state index contributed by atoms with van der Waals surface area (Å²) in [7, 11) is -3.06. The standard InChI is InChI=1S/C11H9BrN2O2S/c12-9-3-8(6-13)4-11(5-9)14-10-1-2-17(15,16)7-10/h1-5,10,14H,7H2. The molecule has 1 aromatic rings. The second kappa shape index (κ2) is 4.51. The van der Waals surface area contributed by atoms with Crippen molar-refractivity contribution in [2.45, 2.75) is 6.04 Å². The highest BCUT2D eigenvalue weighted by Crippen LogP contribution is 2.21. The minimum absolute atomic E-state index is 0.0569. The van der Waals surface area contributed by atoms with Gasteiger partial charge in [0.05, 0.1) is 23.4 Å². The van der Waals surface area contributed by atoms with Crippen molar-refractivity contribution in [3.05, 3.63) is 39.7 Å². The first kappa shape index (κ1) is 12.1. The van der Waals surface area contributed by atoms with E-state index in [4.69, 9.17) is 5.26 Å². The molecular weight excluding hydrogens is 304 g/mol. The fraction of sp³-hybridized carbons (Fsp3) is 0.182. The van der Waals surface area contributed by atoms with Gasteiger partial charge in [-0.25, -0.2) is 8.42 Å². The molecule has 6 heteroatoms. The fourth-order valence-electron chi connectivity index (χ4n) is 1.62. The van der Waals surface area contributed by atoms with Crippen molar-refractivity contribution in [1.82, 2.24) is 0 Å². The van der Waals surface area contributed by atoms with Gasteiger partial charge in [-0.15, -0.1) is 0 Å². The van der Waals surface area contributed by atoms with Gasteiger partial charge in [0.15, 0.2) is 9.84 Å². The molecule has 0 radical (unpaired) electrons. The molecule has 0 saturated heterocycles. The third kappa shape index (κ3) is 3.08. The Labute approximate surface area is 108 Å². The zero-order chi connectivity index (χ0) is 12.5. The number of sulfone groups is 1. The predicted molar refractivity (Wildman–Crippen MR) is 69.2 cm³/mol. The van der Waals surface area contributed by atoms with Crippen LogP contribution in [-0.2, 0) is 9.84 Å². The van der Waals surface area contributed by atoms with Crippen molar-refractivity contribution in [3.63, 3.8) is 0 Å². The van der Waals surface area contributed by atoms with Crippen LogP contribution in [0.2, 0.25) is 0 Å². The van der Waals surface area contributed by atoms with E-state index >= 15 is 0 Å². The Morgan fingerprint density at radius 2 is 2.18 bits per heavy atom. The van der Waals surface area contributed by atoms with Gasteiger partial charge in [-0.3, -0.25) is 0 Å². The number of benzene rings is 1. The van der Waals surface area contributed by atoms with Crippen LogP contribution in [-0.4, -0.2) is 20.2 Å². The third-order valence-corrected chi connectivity index (χ3v) is 4.16. The Bertz CT molecular complexity index is 617. The quantitative estimate of drug-likeness (QED) is 0.907. The van der Waals surface area contributed by atoms with Gasteiger partial charge in [-0.1, -0.05) is 22.0 Å². The molecule has 0 spiro atoms. The van der Waals surface area contributed by atoms with Crippen LogP contribution < -0.4 is 5.32 Å². The molecule has 4 nitrogen and oxygen atoms in total. The Kier molecular flexibility index (Phi) is 3.22. The number of halogens is 1. The molecule has 0 amide bonds. The summed E-state index contributed by atoms with van der Waals surface area (Å²) in [5.41, 5.74) is 1.24. The lowest BCUT2D eigenvalue weighted by Crippen LogP contribution is -2.20. The normalized spacial score (nSPS) is 21.1. The molecule has 1 aliphatic rings. The minimum atomic E-state index is -3.06. The molecule has 88 valence electrons. The van der Waals surface area contributed by atoms with Gasteiger partial charge < -0.3 is 5.32 Å². The van der Waals surface area contributed by atoms with E-state index in [1.807, 2.05) is 6.07 Å². The van der Waals surface area contributed by atoms with Gasteiger partial charge in [-0.2, -0.15) is 5.26 Å². The van der Waals surface area contributed by atoms with Crippen LogP contribution in [0.4, 0.5) is 5.69 Å². The molecule has 1 unspecified atom stereocenters. The first-order valence-corrected chi connectivity index (χ1v) is 7.37. The van der Waals surface area contributed by atoms with Gasteiger partial charge >= 0.3 is 0 Å². The summed E-state index contributed by atoms with van der Waals surface area (Å²) in [6, 6.07) is 7.00. The average Bonchev–Trinajstić information content (AvgIpc) is 2.57. The highest BCUT2D eigenvalue weighted by molar-refractivity contribution is 9.10. The van der Waals surface area contributed by atoms with Crippen molar-refractivity contribution < 1.29 is 8.42 Å². The van der Waals surface area contributed by atoms with Crippen LogP contribution in [0.25, 0.3) is 0 Å². The molecule has 0 aromatic heterocycles. The van der Waals surface area contributed by atoms with Crippen LogP contribution in [0, 0.1) is 11.3 Å². The van der Waals surface area contributed by atoms with Crippen LogP contribution in [0.5, 0.6) is 0 Å². The molecule has 1 heterocycles. The predicted octanol–water partition coefficient (Wildman–Crippen LogP) is 2.04. The molecule has 1 aromatic carbocycles. The highest BCUT2D eigenvalue weighted by atomic mass is 79.9. The number of nitriles is 1. The number of rotatable bonds is 2. The first-order valence-electron chi connectivity index (χ1n) is 4.87. The summed E-state index contributed by atoms with van der Waals surface area (Å²) in [6.07, 6.45) is 1.61. The van der Waals surface area contributed by atoms with Crippen molar-refractivity contribution in [2.24, 2.45) is 0 Å². The van der Waals surface area contributed by atoms with Crippen LogP contribution in [0.3, 0.4) is 0 Å². The molecule has 0 aliphatic carbocycles. The summed E-state index contributed by atoms with van der Waals surface area (Å²) in [5.74, 6) is 0.0569. The van der Waals surface area contributed by atoms with Gasteiger partial charge in [-0.05, 0) is 18.2 Å². The van der Waals surface area contributed by atoms with Crippen molar-refractivity contribution in [3.8, 4) is 6.07 Å². The number of anilines is 1. The molecule has 1 aliphatic heterocycles. The van der Waals surface area contributed by atoms with E-state index in [1.54, 1.807) is 24.3 Å². The van der Waals surface area contributed by atoms with Crippen molar-refractivity contribution in [1.29, 1.82) is 5.26 Å². The summed E-state index contributed by atoms with van der Waals surface area (Å²) in [5, 5.41) is 13.1. The Morgan fingerprint density at radius 3 is 2.76 bits per heavy atom. The SMILES string of the molecule is N#Cc1cc(Br)cc(NC2C=CS(=O)(=O)C2)c1. The average molecular weight is 313 g/mol. The van der Waals surface area contributed by atoms with Crippen molar-refractivity contribution >= 4 is 31.5 Å². The van der Waals surface area contributed by atoms with Gasteiger partial charge in [0.25, 0.3) is 0 Å². The topological polar surface area (TPSA) is 70.0 Å². The molecule has 0 saturated carbocycles. The molecular formula is C11H9BrN2O2S. The number of hydrogen-bond acceptors (Lipinski definition) is 4.